The van der Waals surface area contributed by atoms with Crippen molar-refractivity contribution in [3.05, 3.63) is 81.1 Å². The number of furan rings is 1. The van der Waals surface area contributed by atoms with Crippen molar-refractivity contribution in [3.63, 3.8) is 0 Å². The van der Waals surface area contributed by atoms with Gasteiger partial charge in [0.1, 0.15) is 23.2 Å². The smallest absolute Gasteiger partial charge is 0.338 e. The summed E-state index contributed by atoms with van der Waals surface area (Å²) in [5.74, 6) is 0.0157. The van der Waals surface area contributed by atoms with Crippen molar-refractivity contribution in [3.8, 4) is 17.4 Å². The standard InChI is InChI=1S/C23H17IN2O4/c1-2-29-23(28)16-8-6-15(7-9-16)21-11-10-20(30-21)12-17(14-25)22(27)26-19-5-3-4-18(24)13-19/h3-13H,2H2,1H3,(H,26,27)/b17-12+. The van der Waals surface area contributed by atoms with E-state index < -0.39 is 5.91 Å². The first-order chi connectivity index (χ1) is 14.5. The largest absolute Gasteiger partial charge is 0.462 e. The van der Waals surface area contributed by atoms with Gasteiger partial charge in [-0.1, -0.05) is 18.2 Å². The van der Waals surface area contributed by atoms with Crippen LogP contribution in [0.3, 0.4) is 0 Å². The predicted molar refractivity (Wildman–Crippen MR) is 121 cm³/mol. The molecule has 0 unspecified atom stereocenters. The summed E-state index contributed by atoms with van der Waals surface area (Å²) >= 11 is 2.14. The van der Waals surface area contributed by atoms with E-state index >= 15 is 0 Å². The summed E-state index contributed by atoms with van der Waals surface area (Å²) in [7, 11) is 0. The number of nitrogens with zero attached hydrogens (tertiary/aromatic N) is 1. The summed E-state index contributed by atoms with van der Waals surface area (Å²) in [5, 5.41) is 12.1. The lowest BCUT2D eigenvalue weighted by atomic mass is 10.1. The number of amides is 1. The third-order valence-electron chi connectivity index (χ3n) is 4.04. The summed E-state index contributed by atoms with van der Waals surface area (Å²) in [4.78, 5) is 24.1. The molecular weight excluding hydrogens is 495 g/mol. The van der Waals surface area contributed by atoms with Gasteiger partial charge in [-0.25, -0.2) is 4.79 Å². The third-order valence-corrected chi connectivity index (χ3v) is 4.71. The van der Waals surface area contributed by atoms with Gasteiger partial charge < -0.3 is 14.5 Å². The van der Waals surface area contributed by atoms with Crippen molar-refractivity contribution in [1.82, 2.24) is 0 Å². The minimum absolute atomic E-state index is 0.0765. The highest BCUT2D eigenvalue weighted by atomic mass is 127. The minimum atomic E-state index is -0.517. The maximum Gasteiger partial charge on any atom is 0.338 e. The average Bonchev–Trinajstić information content (AvgIpc) is 3.21. The molecule has 150 valence electrons. The molecule has 0 aliphatic heterocycles. The first kappa shape index (κ1) is 21.3. The highest BCUT2D eigenvalue weighted by Crippen LogP contribution is 2.24. The van der Waals surface area contributed by atoms with Crippen LogP contribution in [0.25, 0.3) is 17.4 Å². The van der Waals surface area contributed by atoms with Crippen molar-refractivity contribution in [2.45, 2.75) is 6.92 Å². The molecule has 7 heteroatoms. The number of hydrogen-bond acceptors (Lipinski definition) is 5. The van der Waals surface area contributed by atoms with Gasteiger partial charge in [0.2, 0.25) is 0 Å². The van der Waals surface area contributed by atoms with Crippen LogP contribution in [0.15, 0.2) is 70.7 Å². The van der Waals surface area contributed by atoms with E-state index in [-0.39, 0.29) is 11.5 Å². The SMILES string of the molecule is CCOC(=O)c1ccc(-c2ccc(/C=C(\C#N)C(=O)Nc3cccc(I)c3)o2)cc1. The molecule has 0 radical (unpaired) electrons. The molecule has 3 rings (SSSR count). The van der Waals surface area contributed by atoms with Crippen molar-refractivity contribution in [2.75, 3.05) is 11.9 Å². The van der Waals surface area contributed by atoms with E-state index in [2.05, 4.69) is 27.9 Å². The number of carbonyl (C=O) groups excluding carboxylic acids is 2. The maximum atomic E-state index is 12.4. The number of esters is 1. The molecule has 0 bridgehead atoms. The zero-order valence-corrected chi connectivity index (χ0v) is 18.2. The van der Waals surface area contributed by atoms with Crippen LogP contribution in [0.1, 0.15) is 23.0 Å². The molecule has 0 aliphatic rings. The van der Waals surface area contributed by atoms with E-state index in [1.165, 1.54) is 6.08 Å². The maximum absolute atomic E-state index is 12.4. The van der Waals surface area contributed by atoms with Gasteiger partial charge >= 0.3 is 5.97 Å². The number of halogens is 1. The lowest BCUT2D eigenvalue weighted by Crippen LogP contribution is -2.13. The second kappa shape index (κ2) is 9.89. The molecule has 0 fully saturated rings. The van der Waals surface area contributed by atoms with Gasteiger partial charge in [0.15, 0.2) is 0 Å². The van der Waals surface area contributed by atoms with Gasteiger partial charge in [-0.2, -0.15) is 5.26 Å². The molecule has 0 aliphatic carbocycles. The monoisotopic (exact) mass is 512 g/mol. The molecule has 1 amide bonds. The van der Waals surface area contributed by atoms with Gasteiger partial charge in [0.25, 0.3) is 5.91 Å². The second-order valence-electron chi connectivity index (χ2n) is 6.13. The van der Waals surface area contributed by atoms with Crippen molar-refractivity contribution in [1.29, 1.82) is 5.26 Å². The molecule has 1 aromatic heterocycles. The molecule has 6 nitrogen and oxygen atoms in total. The van der Waals surface area contributed by atoms with Crippen LogP contribution in [0.4, 0.5) is 5.69 Å². The number of ether oxygens (including phenoxy) is 1. The zero-order chi connectivity index (χ0) is 21.5. The number of carbonyl (C=O) groups is 2. The van der Waals surface area contributed by atoms with Crippen molar-refractivity contribution < 1.29 is 18.7 Å². The minimum Gasteiger partial charge on any atom is -0.462 e. The van der Waals surface area contributed by atoms with Crippen molar-refractivity contribution >= 4 is 46.2 Å². The van der Waals surface area contributed by atoms with E-state index in [4.69, 9.17) is 9.15 Å². The number of benzene rings is 2. The summed E-state index contributed by atoms with van der Waals surface area (Å²) in [6, 6.07) is 19.4. The normalized spacial score (nSPS) is 10.9. The summed E-state index contributed by atoms with van der Waals surface area (Å²) in [6.45, 7) is 2.06. The van der Waals surface area contributed by atoms with Gasteiger partial charge in [-0.05, 0) is 72.0 Å². The van der Waals surface area contributed by atoms with E-state index in [0.717, 1.165) is 9.13 Å². The quantitative estimate of drug-likeness (QED) is 0.210. The van der Waals surface area contributed by atoms with E-state index in [1.54, 1.807) is 55.5 Å². The van der Waals surface area contributed by atoms with Gasteiger partial charge in [-0.15, -0.1) is 0 Å². The van der Waals surface area contributed by atoms with E-state index in [1.807, 2.05) is 18.2 Å². The van der Waals surface area contributed by atoms with Crippen LogP contribution < -0.4 is 5.32 Å². The Bertz CT molecular complexity index is 1140. The molecule has 3 aromatic rings. The molecule has 2 aromatic carbocycles. The number of rotatable bonds is 6. The molecule has 30 heavy (non-hydrogen) atoms. The molecular formula is C23H17IN2O4. The highest BCUT2D eigenvalue weighted by molar-refractivity contribution is 14.1. The third kappa shape index (κ3) is 5.36. The lowest BCUT2D eigenvalue weighted by Gasteiger charge is -2.04. The Hall–Kier alpha value is -3.38. The molecule has 0 spiro atoms. The first-order valence-electron chi connectivity index (χ1n) is 9.06. The van der Waals surface area contributed by atoms with Gasteiger partial charge in [0.05, 0.1) is 12.2 Å². The number of nitrogens with one attached hydrogen (secondary N) is 1. The number of hydrogen-bond donors (Lipinski definition) is 1. The van der Waals surface area contributed by atoms with Crippen LogP contribution in [-0.2, 0) is 9.53 Å². The Labute approximate surface area is 187 Å². The van der Waals surface area contributed by atoms with Crippen LogP contribution in [0.5, 0.6) is 0 Å². The average molecular weight is 512 g/mol. The summed E-state index contributed by atoms with van der Waals surface area (Å²) in [5.41, 5.74) is 1.73. The van der Waals surface area contributed by atoms with Crippen LogP contribution in [0.2, 0.25) is 0 Å². The van der Waals surface area contributed by atoms with E-state index in [0.29, 0.717) is 29.4 Å². The molecule has 0 saturated heterocycles. The van der Waals surface area contributed by atoms with E-state index in [9.17, 15) is 14.9 Å². The molecule has 0 atom stereocenters. The van der Waals surface area contributed by atoms with Gasteiger partial charge in [-0.3, -0.25) is 4.79 Å². The molecule has 1 heterocycles. The van der Waals surface area contributed by atoms with Gasteiger partial charge in [0, 0.05) is 20.9 Å². The Morgan fingerprint density at radius 2 is 1.93 bits per heavy atom. The Morgan fingerprint density at radius 1 is 1.17 bits per heavy atom. The number of nitriles is 1. The topological polar surface area (TPSA) is 92.3 Å². The first-order valence-corrected chi connectivity index (χ1v) is 10.1. The van der Waals surface area contributed by atoms with Crippen LogP contribution in [-0.4, -0.2) is 18.5 Å². The molecule has 0 saturated carbocycles. The van der Waals surface area contributed by atoms with Crippen molar-refractivity contribution in [2.24, 2.45) is 0 Å². The Kier molecular flexibility index (Phi) is 7.03. The Morgan fingerprint density at radius 3 is 2.60 bits per heavy atom. The zero-order valence-electron chi connectivity index (χ0n) is 16.0. The fourth-order valence-electron chi connectivity index (χ4n) is 2.63. The lowest BCUT2D eigenvalue weighted by molar-refractivity contribution is -0.112. The number of anilines is 1. The van der Waals surface area contributed by atoms with Crippen LogP contribution >= 0.6 is 22.6 Å². The van der Waals surface area contributed by atoms with Crippen LogP contribution in [0, 0.1) is 14.9 Å². The predicted octanol–water partition coefficient (Wildman–Crippen LogP) is 5.27. The summed E-state index contributed by atoms with van der Waals surface area (Å²) < 4.78 is 11.7. The summed E-state index contributed by atoms with van der Waals surface area (Å²) in [6.07, 6.45) is 1.39. The fraction of sp³-hybridized carbons (Fsp3) is 0.0870. The fourth-order valence-corrected chi connectivity index (χ4v) is 3.17. The molecule has 1 N–H and O–H groups in total. The Balaban J connectivity index is 1.75. The highest BCUT2D eigenvalue weighted by Gasteiger charge is 2.12. The second-order valence-corrected chi connectivity index (χ2v) is 7.38.